The largest absolute Gasteiger partial charge is 0.543 e. The predicted octanol–water partition coefficient (Wildman–Crippen LogP) is 6.39. The Morgan fingerprint density at radius 3 is 1.77 bits per heavy atom. The lowest BCUT2D eigenvalue weighted by Gasteiger charge is -2.42. The molecule has 0 aliphatic heterocycles. The van der Waals surface area contributed by atoms with Crippen LogP contribution in [0.25, 0.3) is 0 Å². The van der Waals surface area contributed by atoms with Crippen LogP contribution in [0.5, 0.6) is 11.6 Å². The van der Waals surface area contributed by atoms with Gasteiger partial charge in [-0.05, 0) is 47.0 Å². The second-order valence-electron chi connectivity index (χ2n) is 7.66. The van der Waals surface area contributed by atoms with Crippen LogP contribution in [0, 0.1) is 0 Å². The van der Waals surface area contributed by atoms with Crippen LogP contribution >= 0.6 is 0 Å². The number of hydrogen-bond acceptors (Lipinski definition) is 4. The summed E-state index contributed by atoms with van der Waals surface area (Å²) >= 11 is 0. The Morgan fingerprint density at radius 2 is 1.35 bits per heavy atom. The third-order valence-electron chi connectivity index (χ3n) is 5.09. The van der Waals surface area contributed by atoms with Crippen molar-refractivity contribution in [3.8, 4) is 11.6 Å². The Morgan fingerprint density at radius 1 is 0.808 bits per heavy atom. The maximum atomic E-state index is 6.70. The maximum Gasteiger partial charge on any atom is 0.258 e. The van der Waals surface area contributed by atoms with Crippen molar-refractivity contribution >= 4 is 19.7 Å². The number of benzene rings is 1. The molecule has 2 rings (SSSR count). The zero-order valence-electron chi connectivity index (χ0n) is 17.0. The summed E-state index contributed by atoms with van der Waals surface area (Å²) in [6.07, 6.45) is 1.76. The minimum atomic E-state index is -1.91. The third-order valence-corrected chi connectivity index (χ3v) is 11.1. The summed E-state index contributed by atoms with van der Waals surface area (Å²) in [6.45, 7) is 13.8. The molecule has 0 saturated heterocycles. The minimum Gasteiger partial charge on any atom is -0.543 e. The fourth-order valence-corrected chi connectivity index (χ4v) is 9.16. The van der Waals surface area contributed by atoms with Gasteiger partial charge in [-0.15, -0.1) is 0 Å². The van der Waals surface area contributed by atoms with Crippen molar-refractivity contribution in [1.82, 2.24) is 4.98 Å². The van der Waals surface area contributed by atoms with Crippen LogP contribution in [0.2, 0.25) is 16.6 Å². The summed E-state index contributed by atoms with van der Waals surface area (Å²) in [5, 5.41) is 3.35. The summed E-state index contributed by atoms with van der Waals surface area (Å²) in [6, 6.07) is 12.0. The topological polar surface area (TPSA) is 43.4 Å². The lowest BCUT2D eigenvalue weighted by molar-refractivity contribution is 0.398. The van der Waals surface area contributed by atoms with E-state index in [9.17, 15) is 0 Å². The minimum absolute atomic E-state index is 0.561. The van der Waals surface area contributed by atoms with Gasteiger partial charge < -0.3 is 14.5 Å². The molecule has 5 heteroatoms. The first kappa shape index (κ1) is 20.3. The summed E-state index contributed by atoms with van der Waals surface area (Å²) in [7, 11) is -0.301. The zero-order valence-corrected chi connectivity index (χ0v) is 18.0. The van der Waals surface area contributed by atoms with Gasteiger partial charge in [-0.1, -0.05) is 41.5 Å². The van der Waals surface area contributed by atoms with Crippen LogP contribution in [0.3, 0.4) is 0 Å². The van der Waals surface area contributed by atoms with Gasteiger partial charge in [0.25, 0.3) is 8.32 Å². The lowest BCUT2D eigenvalue weighted by Crippen LogP contribution is -2.50. The van der Waals surface area contributed by atoms with E-state index in [-0.39, 0.29) is 0 Å². The van der Waals surface area contributed by atoms with E-state index >= 15 is 0 Å². The van der Waals surface area contributed by atoms with E-state index in [2.05, 4.69) is 76.1 Å². The molecule has 0 aliphatic rings. The molecule has 26 heavy (non-hydrogen) atoms. The smallest absolute Gasteiger partial charge is 0.258 e. The number of ether oxygens (including phenoxy) is 1. The quantitative estimate of drug-likeness (QED) is 0.545. The molecule has 0 fully saturated rings. The summed E-state index contributed by atoms with van der Waals surface area (Å²) in [5.41, 5.74) is 3.62. The van der Waals surface area contributed by atoms with Crippen LogP contribution in [-0.4, -0.2) is 20.4 Å². The molecular weight excluding hydrogens is 340 g/mol. The standard InChI is InChI=1S/C21H32N2O2Si/c1-15(2)26(16(3)4,17(5)6)25-20-11-8-18(9-12-20)23-19-10-13-21(24-7)22-14-19/h8-17,23H,1-7H3. The van der Waals surface area contributed by atoms with Crippen LogP contribution in [-0.2, 0) is 0 Å². The average Bonchev–Trinajstić information content (AvgIpc) is 2.60. The molecule has 142 valence electrons. The van der Waals surface area contributed by atoms with Crippen molar-refractivity contribution in [2.24, 2.45) is 0 Å². The molecule has 0 radical (unpaired) electrons. The average molecular weight is 373 g/mol. The molecule has 4 nitrogen and oxygen atoms in total. The molecule has 0 amide bonds. The van der Waals surface area contributed by atoms with Crippen molar-refractivity contribution in [2.75, 3.05) is 12.4 Å². The summed E-state index contributed by atoms with van der Waals surface area (Å²) in [5.74, 6) is 1.57. The van der Waals surface area contributed by atoms with Crippen molar-refractivity contribution in [2.45, 2.75) is 58.2 Å². The van der Waals surface area contributed by atoms with Crippen LogP contribution in [0.15, 0.2) is 42.6 Å². The number of pyridine rings is 1. The van der Waals surface area contributed by atoms with Gasteiger partial charge in [0.05, 0.1) is 19.0 Å². The first-order valence-electron chi connectivity index (χ1n) is 9.35. The van der Waals surface area contributed by atoms with Crippen molar-refractivity contribution in [3.05, 3.63) is 42.6 Å². The first-order valence-corrected chi connectivity index (χ1v) is 11.5. The molecule has 0 unspecified atom stereocenters. The Balaban J connectivity index is 2.14. The van der Waals surface area contributed by atoms with E-state index in [1.807, 2.05) is 12.1 Å². The molecule has 1 N–H and O–H groups in total. The van der Waals surface area contributed by atoms with Gasteiger partial charge in [-0.2, -0.15) is 0 Å². The third kappa shape index (κ3) is 4.39. The summed E-state index contributed by atoms with van der Waals surface area (Å²) in [4.78, 5) is 4.21. The van der Waals surface area contributed by atoms with Crippen molar-refractivity contribution in [1.29, 1.82) is 0 Å². The van der Waals surface area contributed by atoms with E-state index in [4.69, 9.17) is 9.16 Å². The Kier molecular flexibility index (Phi) is 6.70. The molecule has 1 aromatic carbocycles. The van der Waals surface area contributed by atoms with Crippen LogP contribution < -0.4 is 14.5 Å². The second-order valence-corrected chi connectivity index (χ2v) is 13.0. The van der Waals surface area contributed by atoms with Crippen molar-refractivity contribution < 1.29 is 9.16 Å². The van der Waals surface area contributed by atoms with Gasteiger partial charge in [0.2, 0.25) is 5.88 Å². The van der Waals surface area contributed by atoms with E-state index < -0.39 is 8.32 Å². The number of aromatic nitrogens is 1. The number of nitrogens with one attached hydrogen (secondary N) is 1. The fraction of sp³-hybridized carbons (Fsp3) is 0.476. The van der Waals surface area contributed by atoms with E-state index in [1.165, 1.54) is 0 Å². The molecular formula is C21H32N2O2Si. The highest BCUT2D eigenvalue weighted by Crippen LogP contribution is 2.42. The Labute approximate surface area is 159 Å². The SMILES string of the molecule is COc1ccc(Nc2ccc(O[Si](C(C)C)(C(C)C)C(C)C)cc2)cn1. The molecule has 0 atom stereocenters. The molecule has 2 aromatic rings. The van der Waals surface area contributed by atoms with E-state index in [0.29, 0.717) is 22.5 Å². The predicted molar refractivity (Wildman–Crippen MR) is 112 cm³/mol. The second kappa shape index (κ2) is 8.58. The highest BCUT2D eigenvalue weighted by Gasteiger charge is 2.46. The molecule has 0 aliphatic carbocycles. The maximum absolute atomic E-state index is 6.70. The van der Waals surface area contributed by atoms with Gasteiger partial charge in [0, 0.05) is 11.8 Å². The number of methoxy groups -OCH3 is 1. The van der Waals surface area contributed by atoms with Crippen LogP contribution in [0.4, 0.5) is 11.4 Å². The van der Waals surface area contributed by atoms with Gasteiger partial charge >= 0.3 is 0 Å². The Bertz CT molecular complexity index is 660. The zero-order chi connectivity index (χ0) is 19.3. The molecule has 1 heterocycles. The number of nitrogens with zero attached hydrogens (tertiary/aromatic N) is 1. The van der Waals surface area contributed by atoms with E-state index in [0.717, 1.165) is 17.1 Å². The molecule has 0 spiro atoms. The van der Waals surface area contributed by atoms with E-state index in [1.54, 1.807) is 13.3 Å². The Hall–Kier alpha value is -2.01. The molecule has 1 aromatic heterocycles. The fourth-order valence-electron chi connectivity index (χ4n) is 3.91. The normalized spacial score (nSPS) is 11.9. The number of anilines is 2. The van der Waals surface area contributed by atoms with Gasteiger partial charge in [0.15, 0.2) is 0 Å². The highest BCUT2D eigenvalue weighted by atomic mass is 28.4. The van der Waals surface area contributed by atoms with Crippen LogP contribution in [0.1, 0.15) is 41.5 Å². The lowest BCUT2D eigenvalue weighted by atomic mass is 10.3. The van der Waals surface area contributed by atoms with Gasteiger partial charge in [-0.3, -0.25) is 0 Å². The first-order chi connectivity index (χ1) is 12.3. The molecule has 0 saturated carbocycles. The highest BCUT2D eigenvalue weighted by molar-refractivity contribution is 6.78. The summed E-state index contributed by atoms with van der Waals surface area (Å²) < 4.78 is 11.8. The van der Waals surface area contributed by atoms with Gasteiger partial charge in [-0.25, -0.2) is 4.98 Å². The van der Waals surface area contributed by atoms with Crippen molar-refractivity contribution in [3.63, 3.8) is 0 Å². The molecule has 0 bridgehead atoms. The monoisotopic (exact) mass is 372 g/mol. The van der Waals surface area contributed by atoms with Gasteiger partial charge in [0.1, 0.15) is 5.75 Å². The number of rotatable bonds is 8. The number of hydrogen-bond donors (Lipinski definition) is 1.